The lowest BCUT2D eigenvalue weighted by atomic mass is 9.93. The highest BCUT2D eigenvalue weighted by Gasteiger charge is 2.29. The van der Waals surface area contributed by atoms with Crippen molar-refractivity contribution >= 4 is 23.1 Å². The zero-order valence-corrected chi connectivity index (χ0v) is 17.4. The normalized spacial score (nSPS) is 14.6. The molecule has 4 rings (SSSR count). The smallest absolute Gasteiger partial charge is 0.355 e. The van der Waals surface area contributed by atoms with E-state index in [0.717, 1.165) is 6.42 Å². The van der Waals surface area contributed by atoms with Crippen LogP contribution in [0, 0.1) is 18.7 Å². The molecule has 0 spiro atoms. The Morgan fingerprint density at radius 1 is 1.19 bits per heavy atom. The van der Waals surface area contributed by atoms with Crippen molar-refractivity contribution in [2.24, 2.45) is 5.92 Å². The van der Waals surface area contributed by atoms with Crippen LogP contribution in [0.5, 0.6) is 0 Å². The number of anilines is 2. The number of nitrogens with zero attached hydrogens (tertiary/aromatic N) is 5. The molecule has 1 amide bonds. The van der Waals surface area contributed by atoms with E-state index in [2.05, 4.69) is 20.3 Å². The summed E-state index contributed by atoms with van der Waals surface area (Å²) in [5.74, 6) is -0.132. The van der Waals surface area contributed by atoms with Gasteiger partial charge in [-0.05, 0) is 25.7 Å². The van der Waals surface area contributed by atoms with Crippen molar-refractivity contribution < 1.29 is 22.4 Å². The summed E-state index contributed by atoms with van der Waals surface area (Å²) in [6.07, 6.45) is 2.67. The Morgan fingerprint density at radius 3 is 2.66 bits per heavy atom. The number of alkyl halides is 3. The number of aryl methyl sites for hydroxylation is 1. The van der Waals surface area contributed by atoms with Gasteiger partial charge in [0, 0.05) is 38.0 Å². The number of carbonyl (C=O) groups is 1. The van der Waals surface area contributed by atoms with E-state index in [4.69, 9.17) is 0 Å². The van der Waals surface area contributed by atoms with Gasteiger partial charge >= 0.3 is 6.18 Å². The molecule has 0 bridgehead atoms. The number of hydrogen-bond acceptors (Lipinski definition) is 5. The molecule has 1 saturated heterocycles. The molecule has 7 nitrogen and oxygen atoms in total. The van der Waals surface area contributed by atoms with Crippen LogP contribution in [-0.4, -0.2) is 44.5 Å². The van der Waals surface area contributed by atoms with E-state index in [-0.39, 0.29) is 23.4 Å². The van der Waals surface area contributed by atoms with Crippen LogP contribution in [0.15, 0.2) is 30.9 Å². The zero-order valence-electron chi connectivity index (χ0n) is 17.4. The lowest BCUT2D eigenvalue weighted by molar-refractivity contribution is -0.135. The van der Waals surface area contributed by atoms with Gasteiger partial charge in [-0.1, -0.05) is 6.42 Å². The number of aromatic nitrogens is 4. The second kappa shape index (κ2) is 8.71. The van der Waals surface area contributed by atoms with Crippen molar-refractivity contribution in [3.05, 3.63) is 48.1 Å². The molecule has 0 unspecified atom stereocenters. The number of carbonyl (C=O) groups excluding carboxylic acids is 1. The lowest BCUT2D eigenvalue weighted by Gasteiger charge is -2.40. The number of halogens is 4. The van der Waals surface area contributed by atoms with Gasteiger partial charge in [-0.15, -0.1) is 0 Å². The average Bonchev–Trinajstić information content (AvgIpc) is 3.06. The number of pyridine rings is 1. The van der Waals surface area contributed by atoms with Crippen LogP contribution in [0.2, 0.25) is 0 Å². The molecule has 1 fully saturated rings. The first-order chi connectivity index (χ1) is 15.2. The fourth-order valence-electron chi connectivity index (χ4n) is 3.74. The highest BCUT2D eigenvalue weighted by molar-refractivity contribution is 6.02. The molecule has 3 aromatic heterocycles. The van der Waals surface area contributed by atoms with Gasteiger partial charge < -0.3 is 14.6 Å². The van der Waals surface area contributed by atoms with E-state index >= 15 is 0 Å². The molecule has 32 heavy (non-hydrogen) atoms. The predicted molar refractivity (Wildman–Crippen MR) is 110 cm³/mol. The number of amides is 1. The molecule has 3 aromatic rings. The Bertz CT molecular complexity index is 1110. The van der Waals surface area contributed by atoms with E-state index < -0.39 is 24.3 Å². The topological polar surface area (TPSA) is 75.4 Å². The van der Waals surface area contributed by atoms with Crippen LogP contribution in [0.3, 0.4) is 0 Å². The molecule has 4 heterocycles. The van der Waals surface area contributed by atoms with Crippen LogP contribution in [-0.2, 0) is 0 Å². The minimum absolute atomic E-state index is 0.0836. The number of imidazole rings is 1. The fraction of sp³-hybridized carbons (Fsp3) is 0.429. The molecule has 1 aliphatic heterocycles. The van der Waals surface area contributed by atoms with Crippen molar-refractivity contribution in [1.82, 2.24) is 19.4 Å². The highest BCUT2D eigenvalue weighted by Crippen LogP contribution is 2.28. The molecule has 0 aliphatic carbocycles. The Hall–Kier alpha value is -3.24. The third-order valence-corrected chi connectivity index (χ3v) is 5.36. The minimum Gasteiger partial charge on any atom is -0.355 e. The van der Waals surface area contributed by atoms with Gasteiger partial charge in [-0.25, -0.2) is 19.3 Å². The van der Waals surface area contributed by atoms with Crippen LogP contribution in [0.25, 0.3) is 5.65 Å². The molecule has 11 heteroatoms. The second-order valence-corrected chi connectivity index (χ2v) is 8.04. The molecule has 170 valence electrons. The van der Waals surface area contributed by atoms with Gasteiger partial charge in [0.25, 0.3) is 5.91 Å². The van der Waals surface area contributed by atoms with E-state index in [1.54, 1.807) is 19.3 Å². The van der Waals surface area contributed by atoms with Crippen molar-refractivity contribution in [3.63, 3.8) is 0 Å². The number of unbranched alkanes of at least 4 members (excludes halogenated alkanes) is 1. The molecule has 0 saturated carbocycles. The van der Waals surface area contributed by atoms with Crippen LogP contribution >= 0.6 is 0 Å². The maximum absolute atomic E-state index is 14.2. The van der Waals surface area contributed by atoms with E-state index in [9.17, 15) is 22.4 Å². The fourth-order valence-corrected chi connectivity index (χ4v) is 3.74. The third-order valence-electron chi connectivity index (χ3n) is 5.36. The Labute approximate surface area is 181 Å². The molecule has 1 aliphatic rings. The minimum atomic E-state index is -4.09. The van der Waals surface area contributed by atoms with E-state index in [0.29, 0.717) is 36.9 Å². The molecule has 0 atom stereocenters. The maximum Gasteiger partial charge on any atom is 0.389 e. The molecule has 0 aromatic carbocycles. The highest BCUT2D eigenvalue weighted by atomic mass is 19.4. The van der Waals surface area contributed by atoms with Gasteiger partial charge in [0.2, 0.25) is 0 Å². The zero-order chi connectivity index (χ0) is 22.9. The van der Waals surface area contributed by atoms with Crippen molar-refractivity contribution in [2.45, 2.75) is 38.8 Å². The summed E-state index contributed by atoms with van der Waals surface area (Å²) >= 11 is 0. The summed E-state index contributed by atoms with van der Waals surface area (Å²) in [5, 5.41) is 2.60. The Kier molecular flexibility index (Phi) is 5.98. The SMILES string of the molecule is Cc1cn2cc(NC(=O)c3cnc(N4CC(CCCCC(F)(F)F)C4)cn3)cc(F)c2n1. The summed E-state index contributed by atoms with van der Waals surface area (Å²) in [6, 6.07) is 1.19. The van der Waals surface area contributed by atoms with Crippen LogP contribution in [0.4, 0.5) is 29.1 Å². The molecule has 0 radical (unpaired) electrons. The lowest BCUT2D eigenvalue weighted by Crippen LogP contribution is -2.47. The summed E-state index contributed by atoms with van der Waals surface area (Å²) < 4.78 is 52.2. The van der Waals surface area contributed by atoms with Crippen LogP contribution < -0.4 is 10.2 Å². The number of nitrogens with one attached hydrogen (secondary N) is 1. The van der Waals surface area contributed by atoms with Crippen LogP contribution in [0.1, 0.15) is 41.9 Å². The molecule has 1 N–H and O–H groups in total. The Morgan fingerprint density at radius 2 is 1.97 bits per heavy atom. The number of hydrogen-bond donors (Lipinski definition) is 1. The summed E-state index contributed by atoms with van der Waals surface area (Å²) in [6.45, 7) is 3.15. The van der Waals surface area contributed by atoms with Crippen molar-refractivity contribution in [1.29, 1.82) is 0 Å². The summed E-state index contributed by atoms with van der Waals surface area (Å²) in [5.41, 5.74) is 1.18. The summed E-state index contributed by atoms with van der Waals surface area (Å²) in [7, 11) is 0. The first-order valence-electron chi connectivity index (χ1n) is 10.3. The summed E-state index contributed by atoms with van der Waals surface area (Å²) in [4.78, 5) is 26.9. The maximum atomic E-state index is 14.2. The predicted octanol–water partition coefficient (Wildman–Crippen LogP) is 4.38. The van der Waals surface area contributed by atoms with Crippen molar-refractivity contribution in [3.8, 4) is 0 Å². The van der Waals surface area contributed by atoms with Gasteiger partial charge in [-0.2, -0.15) is 13.2 Å². The molecular formula is C21H22F4N6O. The van der Waals surface area contributed by atoms with Crippen molar-refractivity contribution in [2.75, 3.05) is 23.3 Å². The van der Waals surface area contributed by atoms with Gasteiger partial charge in [0.1, 0.15) is 11.5 Å². The molecular weight excluding hydrogens is 428 g/mol. The third kappa shape index (κ3) is 5.14. The number of fused-ring (bicyclic) bond motifs is 1. The largest absolute Gasteiger partial charge is 0.389 e. The quantitative estimate of drug-likeness (QED) is 0.427. The monoisotopic (exact) mass is 450 g/mol. The van der Waals surface area contributed by atoms with Gasteiger partial charge in [0.15, 0.2) is 11.5 Å². The average molecular weight is 450 g/mol. The second-order valence-electron chi connectivity index (χ2n) is 8.04. The van der Waals surface area contributed by atoms with E-state index in [1.807, 2.05) is 4.90 Å². The first-order valence-corrected chi connectivity index (χ1v) is 10.3. The van der Waals surface area contributed by atoms with Gasteiger partial charge in [0.05, 0.1) is 23.8 Å². The van der Waals surface area contributed by atoms with E-state index in [1.165, 1.54) is 22.9 Å². The standard InChI is InChI=1S/C21H22F4N6O/c1-13-9-31-12-15(6-16(22)19(31)28-13)29-20(32)17-7-27-18(8-26-17)30-10-14(11-30)4-2-3-5-21(23,24)25/h6-9,12,14H,2-5,10-11H2,1H3,(H,29,32). The Balaban J connectivity index is 1.28. The first kappa shape index (κ1) is 22.0. The number of rotatable bonds is 7. The van der Waals surface area contributed by atoms with Gasteiger partial charge in [-0.3, -0.25) is 4.79 Å².